The zero-order valence-corrected chi connectivity index (χ0v) is 18.4. The van der Waals surface area contributed by atoms with Gasteiger partial charge in [-0.2, -0.15) is 0 Å². The third kappa shape index (κ3) is 6.37. The number of rotatable bonds is 6. The second-order valence-corrected chi connectivity index (χ2v) is 9.39. The molecule has 152 valence electrons. The molecule has 0 heterocycles. The van der Waals surface area contributed by atoms with E-state index in [1.807, 2.05) is 68.4 Å². The summed E-state index contributed by atoms with van der Waals surface area (Å²) < 4.78 is 11.5. The summed E-state index contributed by atoms with van der Waals surface area (Å²) in [4.78, 5) is 25.7. The van der Waals surface area contributed by atoms with Crippen LogP contribution in [0.3, 0.4) is 0 Å². The van der Waals surface area contributed by atoms with Crippen molar-refractivity contribution in [1.29, 1.82) is 0 Å². The van der Waals surface area contributed by atoms with Crippen LogP contribution in [0.25, 0.3) is 0 Å². The second-order valence-electron chi connectivity index (χ2n) is 9.39. The molecule has 0 fully saturated rings. The molecule has 1 rings (SSSR count). The Hall–Kier alpha value is -1.84. The fourth-order valence-corrected chi connectivity index (χ4v) is 3.14. The van der Waals surface area contributed by atoms with Gasteiger partial charge in [-0.3, -0.25) is 0 Å². The van der Waals surface area contributed by atoms with E-state index in [-0.39, 0.29) is 34.2 Å². The average Bonchev–Trinajstić information content (AvgIpc) is 2.54. The molecular weight excluding hydrogens is 340 g/mol. The number of hydrogen-bond acceptors (Lipinski definition) is 4. The normalized spacial score (nSPS) is 14.4. The predicted octanol–water partition coefficient (Wildman–Crippen LogP) is 5.96. The summed E-state index contributed by atoms with van der Waals surface area (Å²) in [6.45, 7) is 18.1. The first kappa shape index (κ1) is 23.2. The largest absolute Gasteiger partial charge is 0.458 e. The van der Waals surface area contributed by atoms with Crippen LogP contribution in [0.5, 0.6) is 0 Å². The lowest BCUT2D eigenvalue weighted by molar-refractivity contribution is -0.00793. The van der Waals surface area contributed by atoms with Crippen molar-refractivity contribution in [2.24, 2.45) is 10.8 Å². The second kappa shape index (κ2) is 8.90. The van der Waals surface area contributed by atoms with E-state index in [0.29, 0.717) is 12.8 Å². The Balaban J connectivity index is 3.17. The SMILES string of the molecule is CCC(OC(=O)c1ccc(C)cc1C(=O)OC(CC)C(C)(C)C)C(C)(C)C. The molecule has 0 saturated heterocycles. The molecular formula is C23H36O4. The molecule has 2 atom stereocenters. The lowest BCUT2D eigenvalue weighted by atomic mass is 9.87. The molecule has 1 aromatic rings. The third-order valence-corrected chi connectivity index (χ3v) is 4.79. The molecule has 0 aliphatic heterocycles. The van der Waals surface area contributed by atoms with Gasteiger partial charge in [0.15, 0.2) is 0 Å². The molecule has 0 N–H and O–H groups in total. The van der Waals surface area contributed by atoms with Crippen LogP contribution in [0.4, 0.5) is 0 Å². The standard InChI is InChI=1S/C23H36O4/c1-10-18(22(4,5)6)26-20(24)16-13-12-15(3)14-17(16)21(25)27-19(11-2)23(7,8)9/h12-14,18-19H,10-11H2,1-9H3. The van der Waals surface area contributed by atoms with Crippen molar-refractivity contribution in [3.05, 3.63) is 34.9 Å². The minimum absolute atomic E-state index is 0.171. The van der Waals surface area contributed by atoms with Gasteiger partial charge in [0.2, 0.25) is 0 Å². The van der Waals surface area contributed by atoms with E-state index in [4.69, 9.17) is 9.47 Å². The number of aryl methyl sites for hydroxylation is 1. The van der Waals surface area contributed by atoms with Crippen LogP contribution in [0.2, 0.25) is 0 Å². The van der Waals surface area contributed by atoms with Crippen molar-refractivity contribution in [2.45, 2.75) is 87.4 Å². The van der Waals surface area contributed by atoms with Crippen LogP contribution in [0.1, 0.15) is 94.5 Å². The van der Waals surface area contributed by atoms with E-state index in [0.717, 1.165) is 5.56 Å². The summed E-state index contributed by atoms with van der Waals surface area (Å²) in [6.07, 6.45) is 0.964. The summed E-state index contributed by atoms with van der Waals surface area (Å²) in [7, 11) is 0. The molecule has 0 aliphatic rings. The Morgan fingerprint density at radius 1 is 0.815 bits per heavy atom. The molecule has 0 aromatic heterocycles. The smallest absolute Gasteiger partial charge is 0.339 e. The fourth-order valence-electron chi connectivity index (χ4n) is 3.14. The van der Waals surface area contributed by atoms with E-state index in [9.17, 15) is 9.59 Å². The Morgan fingerprint density at radius 2 is 1.22 bits per heavy atom. The van der Waals surface area contributed by atoms with Crippen LogP contribution in [-0.2, 0) is 9.47 Å². The summed E-state index contributed by atoms with van der Waals surface area (Å²) in [6, 6.07) is 5.17. The average molecular weight is 377 g/mol. The summed E-state index contributed by atoms with van der Waals surface area (Å²) in [5.74, 6) is -0.955. The number of hydrogen-bond donors (Lipinski definition) is 0. The van der Waals surface area contributed by atoms with E-state index in [1.165, 1.54) is 0 Å². The van der Waals surface area contributed by atoms with E-state index in [1.54, 1.807) is 12.1 Å². The van der Waals surface area contributed by atoms with Crippen molar-refractivity contribution in [2.75, 3.05) is 0 Å². The Labute approximate surface area is 164 Å². The molecule has 27 heavy (non-hydrogen) atoms. The van der Waals surface area contributed by atoms with E-state index in [2.05, 4.69) is 0 Å². The Bertz CT molecular complexity index is 662. The molecule has 0 spiro atoms. The van der Waals surface area contributed by atoms with Gasteiger partial charge in [0.05, 0.1) is 11.1 Å². The van der Waals surface area contributed by atoms with Crippen molar-refractivity contribution < 1.29 is 19.1 Å². The van der Waals surface area contributed by atoms with Gasteiger partial charge in [-0.25, -0.2) is 9.59 Å². The molecule has 0 radical (unpaired) electrons. The van der Waals surface area contributed by atoms with E-state index >= 15 is 0 Å². The molecule has 4 nitrogen and oxygen atoms in total. The lowest BCUT2D eigenvalue weighted by Gasteiger charge is -2.30. The van der Waals surface area contributed by atoms with Gasteiger partial charge < -0.3 is 9.47 Å². The number of benzene rings is 1. The first-order valence-electron chi connectivity index (χ1n) is 9.83. The van der Waals surface area contributed by atoms with Crippen LogP contribution in [0.15, 0.2) is 18.2 Å². The van der Waals surface area contributed by atoms with Gasteiger partial charge in [0, 0.05) is 0 Å². The Morgan fingerprint density at radius 3 is 1.59 bits per heavy atom. The maximum absolute atomic E-state index is 12.9. The highest BCUT2D eigenvalue weighted by Crippen LogP contribution is 2.28. The van der Waals surface area contributed by atoms with Gasteiger partial charge in [-0.05, 0) is 42.7 Å². The third-order valence-electron chi connectivity index (χ3n) is 4.79. The molecule has 0 amide bonds. The molecule has 4 heteroatoms. The van der Waals surface area contributed by atoms with Gasteiger partial charge in [-0.1, -0.05) is 67.0 Å². The van der Waals surface area contributed by atoms with Crippen LogP contribution < -0.4 is 0 Å². The number of carbonyl (C=O) groups excluding carboxylic acids is 2. The Kier molecular flexibility index (Phi) is 7.65. The molecule has 1 aromatic carbocycles. The fraction of sp³-hybridized carbons (Fsp3) is 0.652. The minimum atomic E-state index is -0.479. The zero-order valence-electron chi connectivity index (χ0n) is 18.4. The topological polar surface area (TPSA) is 52.6 Å². The predicted molar refractivity (Wildman–Crippen MR) is 109 cm³/mol. The van der Waals surface area contributed by atoms with Crippen molar-refractivity contribution in [1.82, 2.24) is 0 Å². The highest BCUT2D eigenvalue weighted by molar-refractivity contribution is 6.03. The number of ether oxygens (including phenoxy) is 2. The van der Waals surface area contributed by atoms with Crippen LogP contribution in [-0.4, -0.2) is 24.1 Å². The molecule has 0 bridgehead atoms. The van der Waals surface area contributed by atoms with Crippen LogP contribution >= 0.6 is 0 Å². The summed E-state index contributed by atoms with van der Waals surface area (Å²) in [5.41, 5.74) is 1.08. The van der Waals surface area contributed by atoms with Crippen molar-refractivity contribution in [3.63, 3.8) is 0 Å². The lowest BCUT2D eigenvalue weighted by Crippen LogP contribution is -2.33. The van der Waals surface area contributed by atoms with Crippen molar-refractivity contribution >= 4 is 11.9 Å². The van der Waals surface area contributed by atoms with Gasteiger partial charge in [0.25, 0.3) is 0 Å². The minimum Gasteiger partial charge on any atom is -0.458 e. The van der Waals surface area contributed by atoms with Gasteiger partial charge >= 0.3 is 11.9 Å². The summed E-state index contributed by atoms with van der Waals surface area (Å²) in [5, 5.41) is 0. The molecule has 0 aliphatic carbocycles. The highest BCUT2D eigenvalue weighted by atomic mass is 16.6. The van der Waals surface area contributed by atoms with E-state index < -0.39 is 11.9 Å². The van der Waals surface area contributed by atoms with Crippen LogP contribution in [0, 0.1) is 17.8 Å². The van der Waals surface area contributed by atoms with Gasteiger partial charge in [0.1, 0.15) is 12.2 Å². The van der Waals surface area contributed by atoms with Crippen molar-refractivity contribution in [3.8, 4) is 0 Å². The monoisotopic (exact) mass is 376 g/mol. The molecule has 2 unspecified atom stereocenters. The quantitative estimate of drug-likeness (QED) is 0.575. The molecule has 0 saturated carbocycles. The highest BCUT2D eigenvalue weighted by Gasteiger charge is 2.31. The maximum Gasteiger partial charge on any atom is 0.339 e. The summed E-state index contributed by atoms with van der Waals surface area (Å²) >= 11 is 0. The maximum atomic E-state index is 12.9. The first-order chi connectivity index (χ1) is 12.3. The van der Waals surface area contributed by atoms with Gasteiger partial charge in [-0.15, -0.1) is 0 Å². The zero-order chi connectivity index (χ0) is 21.0. The number of carbonyl (C=O) groups is 2. The first-order valence-corrected chi connectivity index (χ1v) is 9.83. The number of esters is 2.